The zero-order chi connectivity index (χ0) is 8.39. The Hall–Kier alpha value is -1.03. The van der Waals surface area contributed by atoms with E-state index in [9.17, 15) is 0 Å². The molecule has 12 heavy (non-hydrogen) atoms. The van der Waals surface area contributed by atoms with Gasteiger partial charge in [-0.25, -0.2) is 0 Å². The molecule has 1 aromatic heterocycles. The molecule has 2 rings (SSSR count). The largest absolute Gasteiger partial charge is 0.382 e. The van der Waals surface area contributed by atoms with Crippen LogP contribution in [0.3, 0.4) is 0 Å². The van der Waals surface area contributed by atoms with Crippen molar-refractivity contribution in [3.63, 3.8) is 0 Å². The van der Waals surface area contributed by atoms with Crippen LogP contribution in [0.25, 0.3) is 0 Å². The number of nitrogens with two attached hydrogens (primary N) is 1. The Morgan fingerprint density at radius 2 is 2.67 bits per heavy atom. The Morgan fingerprint density at radius 1 is 1.75 bits per heavy atom. The van der Waals surface area contributed by atoms with Crippen LogP contribution >= 0.6 is 0 Å². The summed E-state index contributed by atoms with van der Waals surface area (Å²) in [4.78, 5) is 0. The lowest BCUT2D eigenvalue weighted by Crippen LogP contribution is -2.11. The first kappa shape index (κ1) is 7.61. The van der Waals surface area contributed by atoms with Gasteiger partial charge in [0.2, 0.25) is 0 Å². The van der Waals surface area contributed by atoms with E-state index < -0.39 is 0 Å². The third kappa shape index (κ3) is 1.58. The summed E-state index contributed by atoms with van der Waals surface area (Å²) < 4.78 is 7.15. The molecule has 1 aliphatic heterocycles. The maximum atomic E-state index is 5.49. The molecule has 1 aromatic rings. The average Bonchev–Trinajstić information content (AvgIpc) is 2.63. The summed E-state index contributed by atoms with van der Waals surface area (Å²) in [5, 5.41) is 4.11. The average molecular weight is 167 g/mol. The Balaban J connectivity index is 1.94. The predicted octanol–water partition coefficient (Wildman–Crippen LogP) is 0.502. The number of hydrogen-bond donors (Lipinski definition) is 1. The molecule has 0 aromatic carbocycles. The lowest BCUT2D eigenvalue weighted by molar-refractivity contribution is 0.181. The van der Waals surface area contributed by atoms with E-state index in [0.717, 1.165) is 26.2 Å². The molecule has 0 bridgehead atoms. The third-order valence-electron chi connectivity index (χ3n) is 2.13. The second-order valence-corrected chi connectivity index (χ2v) is 3.19. The standard InChI is InChI=1S/C8H13N3O/c9-8-1-3-11(10-8)5-7-2-4-12-6-7/h1,3,7H,2,4-6H2,(H2,9,10)/t7-/m1/s1. The molecule has 66 valence electrons. The quantitative estimate of drug-likeness (QED) is 0.698. The molecule has 1 aliphatic rings. The van der Waals surface area contributed by atoms with E-state index in [1.165, 1.54) is 0 Å². The van der Waals surface area contributed by atoms with Gasteiger partial charge in [0.25, 0.3) is 0 Å². The first-order chi connectivity index (χ1) is 5.84. The van der Waals surface area contributed by atoms with Crippen LogP contribution in [0.2, 0.25) is 0 Å². The van der Waals surface area contributed by atoms with Crippen LogP contribution in [0.4, 0.5) is 5.82 Å². The summed E-state index contributed by atoms with van der Waals surface area (Å²) in [6.45, 7) is 2.68. The molecule has 0 radical (unpaired) electrons. The van der Waals surface area contributed by atoms with E-state index in [-0.39, 0.29) is 0 Å². The molecule has 0 spiro atoms. The number of nitrogens with zero attached hydrogens (tertiary/aromatic N) is 2. The second kappa shape index (κ2) is 3.15. The van der Waals surface area contributed by atoms with Gasteiger partial charge in [-0.15, -0.1) is 0 Å². The number of hydrogen-bond acceptors (Lipinski definition) is 3. The molecule has 0 saturated carbocycles. The van der Waals surface area contributed by atoms with Gasteiger partial charge in [0.1, 0.15) is 5.82 Å². The van der Waals surface area contributed by atoms with Crippen molar-refractivity contribution in [2.45, 2.75) is 13.0 Å². The lowest BCUT2D eigenvalue weighted by atomic mass is 10.1. The third-order valence-corrected chi connectivity index (χ3v) is 2.13. The molecule has 4 nitrogen and oxygen atoms in total. The summed E-state index contributed by atoms with van der Waals surface area (Å²) in [6.07, 6.45) is 3.05. The molecule has 2 heterocycles. The summed E-state index contributed by atoms with van der Waals surface area (Å²) >= 11 is 0. The van der Waals surface area contributed by atoms with Gasteiger partial charge >= 0.3 is 0 Å². The Bertz CT molecular complexity index is 253. The molecule has 1 atom stereocenters. The van der Waals surface area contributed by atoms with Crippen molar-refractivity contribution < 1.29 is 4.74 Å². The fraction of sp³-hybridized carbons (Fsp3) is 0.625. The first-order valence-corrected chi connectivity index (χ1v) is 4.21. The lowest BCUT2D eigenvalue weighted by Gasteiger charge is -2.06. The molecule has 0 aliphatic carbocycles. The summed E-state index contributed by atoms with van der Waals surface area (Å²) in [7, 11) is 0. The topological polar surface area (TPSA) is 53.1 Å². The number of rotatable bonds is 2. The summed E-state index contributed by atoms with van der Waals surface area (Å²) in [5.74, 6) is 1.21. The Kier molecular flexibility index (Phi) is 1.99. The van der Waals surface area contributed by atoms with Crippen LogP contribution < -0.4 is 5.73 Å². The van der Waals surface area contributed by atoms with Crippen molar-refractivity contribution in [2.75, 3.05) is 18.9 Å². The highest BCUT2D eigenvalue weighted by molar-refractivity contribution is 5.23. The van der Waals surface area contributed by atoms with Crippen LogP contribution in [-0.2, 0) is 11.3 Å². The molecule has 4 heteroatoms. The minimum atomic E-state index is 0.592. The number of nitrogen functional groups attached to an aromatic ring is 1. The molecule has 1 fully saturated rings. The van der Waals surface area contributed by atoms with Gasteiger partial charge < -0.3 is 10.5 Å². The van der Waals surface area contributed by atoms with Gasteiger partial charge in [0.15, 0.2) is 0 Å². The molecule has 2 N–H and O–H groups in total. The molecule has 0 amide bonds. The van der Waals surface area contributed by atoms with Crippen LogP contribution in [0.5, 0.6) is 0 Å². The van der Waals surface area contributed by atoms with Gasteiger partial charge in [-0.1, -0.05) is 0 Å². The molecular formula is C8H13N3O. The van der Waals surface area contributed by atoms with Gasteiger partial charge in [-0.05, 0) is 12.5 Å². The molecular weight excluding hydrogens is 154 g/mol. The fourth-order valence-electron chi connectivity index (χ4n) is 1.47. The summed E-state index contributed by atoms with van der Waals surface area (Å²) in [5.41, 5.74) is 5.49. The van der Waals surface area contributed by atoms with E-state index in [1.54, 1.807) is 0 Å². The van der Waals surface area contributed by atoms with Crippen LogP contribution in [-0.4, -0.2) is 23.0 Å². The van der Waals surface area contributed by atoms with Gasteiger partial charge in [-0.2, -0.15) is 5.10 Å². The monoisotopic (exact) mass is 167 g/mol. The van der Waals surface area contributed by atoms with Crippen molar-refractivity contribution >= 4 is 5.82 Å². The molecule has 0 unspecified atom stereocenters. The number of aromatic nitrogens is 2. The SMILES string of the molecule is Nc1ccn(C[C@H]2CCOC2)n1. The van der Waals surface area contributed by atoms with Crippen LogP contribution in [0, 0.1) is 5.92 Å². The van der Waals surface area contributed by atoms with Gasteiger partial charge in [0, 0.05) is 25.3 Å². The van der Waals surface area contributed by atoms with Gasteiger partial charge in [-0.3, -0.25) is 4.68 Å². The van der Waals surface area contributed by atoms with Crippen LogP contribution in [0.1, 0.15) is 6.42 Å². The minimum absolute atomic E-state index is 0.592. The zero-order valence-electron chi connectivity index (χ0n) is 6.94. The van der Waals surface area contributed by atoms with E-state index in [2.05, 4.69) is 5.10 Å². The van der Waals surface area contributed by atoms with Crippen molar-refractivity contribution in [1.29, 1.82) is 0 Å². The summed E-state index contributed by atoms with van der Waals surface area (Å²) in [6, 6.07) is 1.82. The van der Waals surface area contributed by atoms with Gasteiger partial charge in [0.05, 0.1) is 6.61 Å². The second-order valence-electron chi connectivity index (χ2n) is 3.19. The first-order valence-electron chi connectivity index (χ1n) is 4.21. The maximum absolute atomic E-state index is 5.49. The maximum Gasteiger partial charge on any atom is 0.145 e. The predicted molar refractivity (Wildman–Crippen MR) is 45.6 cm³/mol. The minimum Gasteiger partial charge on any atom is -0.382 e. The van der Waals surface area contributed by atoms with Crippen molar-refractivity contribution in [3.05, 3.63) is 12.3 Å². The highest BCUT2D eigenvalue weighted by Crippen LogP contribution is 2.14. The van der Waals surface area contributed by atoms with E-state index in [4.69, 9.17) is 10.5 Å². The zero-order valence-corrected chi connectivity index (χ0v) is 6.94. The Labute approximate surface area is 71.3 Å². The number of anilines is 1. The van der Waals surface area contributed by atoms with Crippen molar-refractivity contribution in [3.8, 4) is 0 Å². The number of ether oxygens (including phenoxy) is 1. The highest BCUT2D eigenvalue weighted by Gasteiger charge is 2.15. The van der Waals surface area contributed by atoms with Crippen LogP contribution in [0.15, 0.2) is 12.3 Å². The Morgan fingerprint density at radius 3 is 3.25 bits per heavy atom. The fourth-order valence-corrected chi connectivity index (χ4v) is 1.47. The van der Waals surface area contributed by atoms with Crippen molar-refractivity contribution in [1.82, 2.24) is 9.78 Å². The van der Waals surface area contributed by atoms with Crippen molar-refractivity contribution in [2.24, 2.45) is 5.92 Å². The van der Waals surface area contributed by atoms with E-state index >= 15 is 0 Å². The normalized spacial score (nSPS) is 23.2. The van der Waals surface area contributed by atoms with E-state index in [1.807, 2.05) is 16.9 Å². The molecule has 1 saturated heterocycles. The van der Waals surface area contributed by atoms with E-state index in [0.29, 0.717) is 11.7 Å². The smallest absolute Gasteiger partial charge is 0.145 e. The highest BCUT2D eigenvalue weighted by atomic mass is 16.5.